The Labute approximate surface area is 258 Å². The number of aryl methyl sites for hydroxylation is 2. The lowest BCUT2D eigenvalue weighted by Crippen LogP contribution is -2.40. The first-order valence-corrected chi connectivity index (χ1v) is 16.0. The van der Waals surface area contributed by atoms with E-state index in [9.17, 15) is 4.79 Å². The number of para-hydroxylation sites is 1. The molecule has 228 valence electrons. The van der Waals surface area contributed by atoms with Crippen LogP contribution in [0.5, 0.6) is 5.75 Å². The maximum absolute atomic E-state index is 11.8. The topological polar surface area (TPSA) is 107 Å². The average Bonchev–Trinajstić information content (AvgIpc) is 3.36. The Kier molecular flexibility index (Phi) is 9.77. The van der Waals surface area contributed by atoms with Crippen molar-refractivity contribution in [2.24, 2.45) is 0 Å². The fourth-order valence-electron chi connectivity index (χ4n) is 5.71. The number of likely N-dealkylation sites (tertiary alicyclic amines) is 1. The zero-order valence-corrected chi connectivity index (χ0v) is 26.8. The number of nitrogens with one attached hydrogen (secondary N) is 4. The van der Waals surface area contributed by atoms with E-state index in [1.807, 2.05) is 30.9 Å². The number of ether oxygens (including phenoxy) is 1. The van der Waals surface area contributed by atoms with Crippen LogP contribution in [0.2, 0.25) is 0 Å². The maximum Gasteiger partial charge on any atom is 0.233 e. The predicted molar refractivity (Wildman–Crippen MR) is 177 cm³/mol. The summed E-state index contributed by atoms with van der Waals surface area (Å²) in [6, 6.07) is 12.7. The summed E-state index contributed by atoms with van der Waals surface area (Å²) >= 11 is 1.82. The highest BCUT2D eigenvalue weighted by molar-refractivity contribution is 8.00. The maximum atomic E-state index is 11.8. The van der Waals surface area contributed by atoms with Gasteiger partial charge in [0.15, 0.2) is 0 Å². The van der Waals surface area contributed by atoms with Crippen molar-refractivity contribution in [2.75, 3.05) is 43.9 Å². The van der Waals surface area contributed by atoms with Gasteiger partial charge in [0, 0.05) is 23.4 Å². The number of nitrogens with zero attached hydrogens (tertiary/aromatic N) is 3. The number of hydrogen-bond donors (Lipinski definition) is 4. The molecule has 3 heterocycles. The predicted octanol–water partition coefficient (Wildman–Crippen LogP) is 6.89. The molecular formula is C33H43N7O2S. The molecule has 1 saturated heterocycles. The number of aromatic amines is 1. The minimum Gasteiger partial charge on any atom is -0.492 e. The van der Waals surface area contributed by atoms with E-state index < -0.39 is 0 Å². The number of aromatic nitrogens is 3. The average molecular weight is 602 g/mol. The lowest BCUT2D eigenvalue weighted by Gasteiger charge is -2.32. The Morgan fingerprint density at radius 3 is 2.58 bits per heavy atom. The van der Waals surface area contributed by atoms with Gasteiger partial charge in [-0.05, 0) is 93.6 Å². The van der Waals surface area contributed by atoms with E-state index in [-0.39, 0.29) is 5.91 Å². The van der Waals surface area contributed by atoms with E-state index >= 15 is 0 Å². The molecular weight excluding hydrogens is 558 g/mol. The number of piperidine rings is 1. The van der Waals surface area contributed by atoms with Crippen LogP contribution < -0.4 is 20.7 Å². The van der Waals surface area contributed by atoms with Crippen LogP contribution in [0.1, 0.15) is 56.2 Å². The number of carbonyl (C=O) groups excluding carboxylic acids is 1. The number of H-pyrrole nitrogens is 1. The van der Waals surface area contributed by atoms with Gasteiger partial charge < -0.3 is 25.7 Å². The first kappa shape index (κ1) is 30.7. The number of hydrogen-bond acceptors (Lipinski definition) is 8. The molecule has 10 heteroatoms. The molecule has 0 unspecified atom stereocenters. The molecule has 0 radical (unpaired) electrons. The molecule has 4 N–H and O–H groups in total. The second kappa shape index (κ2) is 13.7. The van der Waals surface area contributed by atoms with Gasteiger partial charge in [0.05, 0.1) is 29.9 Å². The van der Waals surface area contributed by atoms with Gasteiger partial charge in [-0.3, -0.25) is 9.69 Å². The van der Waals surface area contributed by atoms with E-state index in [4.69, 9.17) is 14.7 Å². The highest BCUT2D eigenvalue weighted by Gasteiger charge is 2.24. The summed E-state index contributed by atoms with van der Waals surface area (Å²) in [6.45, 7) is 13.4. The van der Waals surface area contributed by atoms with E-state index in [1.54, 1.807) is 7.05 Å². The molecule has 1 amide bonds. The van der Waals surface area contributed by atoms with Crippen LogP contribution in [0.3, 0.4) is 0 Å². The van der Waals surface area contributed by atoms with E-state index in [0.29, 0.717) is 30.3 Å². The van der Waals surface area contributed by atoms with Crippen LogP contribution in [-0.2, 0) is 4.79 Å². The zero-order valence-electron chi connectivity index (χ0n) is 26.0. The van der Waals surface area contributed by atoms with E-state index in [2.05, 4.69) is 83.9 Å². The van der Waals surface area contributed by atoms with E-state index in [0.717, 1.165) is 65.5 Å². The number of likely N-dealkylation sites (N-methyl/N-ethyl adjacent to an activating group) is 1. The molecule has 0 saturated carbocycles. The zero-order chi connectivity index (χ0) is 30.5. The molecule has 1 fully saturated rings. The van der Waals surface area contributed by atoms with Crippen LogP contribution in [0, 0.1) is 13.8 Å². The minimum atomic E-state index is 0.0654. The van der Waals surface area contributed by atoms with Gasteiger partial charge in [-0.2, -0.15) is 9.97 Å². The fourth-order valence-corrected chi connectivity index (χ4v) is 6.62. The largest absolute Gasteiger partial charge is 0.492 e. The van der Waals surface area contributed by atoms with Gasteiger partial charge in [-0.15, -0.1) is 11.8 Å². The Balaban J connectivity index is 1.43. The number of fused-ring (bicyclic) bond motifs is 1. The summed E-state index contributed by atoms with van der Waals surface area (Å²) in [5.41, 5.74) is 6.20. The van der Waals surface area contributed by atoms with Gasteiger partial charge in [-0.25, -0.2) is 0 Å². The van der Waals surface area contributed by atoms with Gasteiger partial charge in [-0.1, -0.05) is 26.0 Å². The summed E-state index contributed by atoms with van der Waals surface area (Å²) < 4.78 is 6.15. The Hall–Kier alpha value is -3.76. The number of rotatable bonds is 11. The van der Waals surface area contributed by atoms with Crippen molar-refractivity contribution in [2.45, 2.75) is 63.5 Å². The molecule has 2 aromatic carbocycles. The van der Waals surface area contributed by atoms with Gasteiger partial charge in [0.1, 0.15) is 17.2 Å². The molecule has 9 nitrogen and oxygen atoms in total. The van der Waals surface area contributed by atoms with Crippen molar-refractivity contribution in [1.29, 1.82) is 0 Å². The molecule has 0 spiro atoms. The van der Waals surface area contributed by atoms with Crippen LogP contribution in [0.25, 0.3) is 11.0 Å². The SMILES string of the molecule is CCOc1cc(C2CCN(CC(=O)NC)CC2)c(C)cc1Nc1nc(Nc2ccccc2SC(C)C)c2c(C)c[nH]c2n1. The van der Waals surface area contributed by atoms with Crippen molar-refractivity contribution in [3.8, 4) is 5.75 Å². The molecule has 0 aliphatic carbocycles. The standard InChI is InChI=1S/C33H43N7O2S/c1-7-42-27-17-24(23-12-14-40(15-13-23)19-29(41)34-6)21(4)16-26(27)37-33-38-31-30(22(5)18-35-31)32(39-33)36-25-10-8-9-11-28(25)43-20(2)3/h8-11,16-18,20,23H,7,12-15,19H2,1-6H3,(H,34,41)(H3,35,36,37,38,39). The highest BCUT2D eigenvalue weighted by atomic mass is 32.2. The normalized spacial score (nSPS) is 14.3. The summed E-state index contributed by atoms with van der Waals surface area (Å²) in [5.74, 6) is 2.51. The van der Waals surface area contributed by atoms with Crippen LogP contribution in [-0.4, -0.2) is 64.3 Å². The minimum absolute atomic E-state index is 0.0654. The van der Waals surface area contributed by atoms with Gasteiger partial charge in [0.25, 0.3) is 0 Å². The Bertz CT molecular complexity index is 1580. The second-order valence-corrected chi connectivity index (χ2v) is 13.0. The van der Waals surface area contributed by atoms with Crippen molar-refractivity contribution in [1.82, 2.24) is 25.2 Å². The summed E-state index contributed by atoms with van der Waals surface area (Å²) in [5, 5.41) is 11.2. The van der Waals surface area contributed by atoms with Crippen molar-refractivity contribution >= 4 is 51.8 Å². The monoisotopic (exact) mass is 601 g/mol. The number of thioether (sulfide) groups is 1. The lowest BCUT2D eigenvalue weighted by molar-refractivity contribution is -0.122. The molecule has 2 aromatic heterocycles. The number of benzene rings is 2. The van der Waals surface area contributed by atoms with Crippen LogP contribution in [0.4, 0.5) is 23.1 Å². The second-order valence-electron chi connectivity index (χ2n) is 11.4. The molecule has 5 rings (SSSR count). The third-order valence-corrected chi connectivity index (χ3v) is 8.90. The third-order valence-electron chi connectivity index (χ3n) is 7.82. The molecule has 0 atom stereocenters. The van der Waals surface area contributed by atoms with Crippen LogP contribution >= 0.6 is 11.8 Å². The van der Waals surface area contributed by atoms with E-state index in [1.165, 1.54) is 16.0 Å². The summed E-state index contributed by atoms with van der Waals surface area (Å²) in [7, 11) is 1.69. The number of amides is 1. The summed E-state index contributed by atoms with van der Waals surface area (Å²) in [6.07, 6.45) is 3.98. The lowest BCUT2D eigenvalue weighted by atomic mass is 9.86. The van der Waals surface area contributed by atoms with Gasteiger partial charge in [0.2, 0.25) is 11.9 Å². The molecule has 43 heavy (non-hydrogen) atoms. The van der Waals surface area contributed by atoms with Crippen LogP contribution in [0.15, 0.2) is 47.5 Å². The third kappa shape index (κ3) is 7.25. The van der Waals surface area contributed by atoms with Crippen molar-refractivity contribution in [3.05, 3.63) is 59.3 Å². The quantitative estimate of drug-likeness (QED) is 0.138. The Morgan fingerprint density at radius 2 is 1.86 bits per heavy atom. The first-order valence-electron chi connectivity index (χ1n) is 15.1. The Morgan fingerprint density at radius 1 is 1.09 bits per heavy atom. The van der Waals surface area contributed by atoms with Crippen molar-refractivity contribution in [3.63, 3.8) is 0 Å². The molecule has 1 aliphatic rings. The smallest absolute Gasteiger partial charge is 0.233 e. The highest BCUT2D eigenvalue weighted by Crippen LogP contribution is 2.39. The summed E-state index contributed by atoms with van der Waals surface area (Å²) in [4.78, 5) is 28.4. The number of anilines is 4. The molecule has 0 bridgehead atoms. The fraction of sp³-hybridized carbons (Fsp3) is 0.424. The molecule has 1 aliphatic heterocycles. The number of carbonyl (C=O) groups is 1. The first-order chi connectivity index (χ1) is 20.7. The molecule has 4 aromatic rings. The van der Waals surface area contributed by atoms with Gasteiger partial charge >= 0.3 is 0 Å². The van der Waals surface area contributed by atoms with Crippen molar-refractivity contribution < 1.29 is 9.53 Å².